The standard InChI is InChI=1S/C27H32N2O5/c1-16(2)21-10-17-11-23(28-8-6-27(7-9-28)5-4-18(30)14-27)25(34-3)12-19(17)22-13-24(31)20(26(32)33)15-29(21)22/h11-13,15-16,21H,4-10,14H2,1-3H3,(H,32,33). The Kier molecular flexibility index (Phi) is 5.53. The molecule has 0 bridgehead atoms. The monoisotopic (exact) mass is 464 g/mol. The van der Waals surface area contributed by atoms with Crippen molar-refractivity contribution >= 4 is 17.4 Å². The summed E-state index contributed by atoms with van der Waals surface area (Å²) in [6.07, 6.45) is 6.75. The molecule has 1 atom stereocenters. The number of rotatable bonds is 4. The van der Waals surface area contributed by atoms with Crippen molar-refractivity contribution < 1.29 is 19.4 Å². The fourth-order valence-electron chi connectivity index (χ4n) is 6.16. The molecule has 1 saturated carbocycles. The second-order valence-corrected chi connectivity index (χ2v) is 10.5. The first-order chi connectivity index (χ1) is 16.2. The van der Waals surface area contributed by atoms with Crippen LogP contribution in [0.1, 0.15) is 67.9 Å². The number of fused-ring (bicyclic) bond motifs is 3. The first kappa shape index (κ1) is 22.7. The Balaban J connectivity index is 1.55. The highest BCUT2D eigenvalue weighted by molar-refractivity contribution is 5.88. The van der Waals surface area contributed by atoms with Crippen molar-refractivity contribution in [1.29, 1.82) is 0 Å². The van der Waals surface area contributed by atoms with E-state index >= 15 is 0 Å². The number of aromatic nitrogens is 1. The summed E-state index contributed by atoms with van der Waals surface area (Å²) in [6.45, 7) is 6.03. The van der Waals surface area contributed by atoms with Gasteiger partial charge in [0.15, 0.2) is 5.43 Å². The number of carboxylic acids is 1. The van der Waals surface area contributed by atoms with Crippen molar-refractivity contribution in [2.24, 2.45) is 11.3 Å². The summed E-state index contributed by atoms with van der Waals surface area (Å²) in [5.74, 6) is 0.214. The molecule has 5 rings (SSSR count). The van der Waals surface area contributed by atoms with Gasteiger partial charge in [0, 0.05) is 49.8 Å². The third-order valence-corrected chi connectivity index (χ3v) is 8.22. The van der Waals surface area contributed by atoms with E-state index in [1.807, 2.05) is 10.6 Å². The Morgan fingerprint density at radius 2 is 1.88 bits per heavy atom. The Bertz CT molecular complexity index is 1220. The molecule has 1 saturated heterocycles. The van der Waals surface area contributed by atoms with E-state index in [-0.39, 0.29) is 22.9 Å². The summed E-state index contributed by atoms with van der Waals surface area (Å²) in [5.41, 5.74) is 3.36. The summed E-state index contributed by atoms with van der Waals surface area (Å²) < 4.78 is 7.76. The van der Waals surface area contributed by atoms with Gasteiger partial charge in [0.25, 0.3) is 0 Å². The van der Waals surface area contributed by atoms with Gasteiger partial charge in [-0.25, -0.2) is 4.79 Å². The highest BCUT2D eigenvalue weighted by atomic mass is 16.5. The lowest BCUT2D eigenvalue weighted by Crippen LogP contribution is -2.39. The molecule has 2 aromatic rings. The summed E-state index contributed by atoms with van der Waals surface area (Å²) in [6, 6.07) is 5.70. The smallest absolute Gasteiger partial charge is 0.341 e. The molecule has 180 valence electrons. The van der Waals surface area contributed by atoms with Gasteiger partial charge in [0.1, 0.15) is 17.1 Å². The molecule has 1 spiro atoms. The topological polar surface area (TPSA) is 88.8 Å². The molecule has 2 fully saturated rings. The number of nitrogens with zero attached hydrogens (tertiary/aromatic N) is 2. The number of carbonyl (C=O) groups is 2. The van der Waals surface area contributed by atoms with E-state index in [1.54, 1.807) is 7.11 Å². The summed E-state index contributed by atoms with van der Waals surface area (Å²) in [7, 11) is 1.66. The van der Waals surface area contributed by atoms with Crippen molar-refractivity contribution in [2.45, 2.75) is 58.4 Å². The molecule has 1 unspecified atom stereocenters. The fraction of sp³-hybridized carbons (Fsp3) is 0.519. The van der Waals surface area contributed by atoms with Crippen LogP contribution in [0.25, 0.3) is 11.3 Å². The maximum atomic E-state index is 12.6. The lowest BCUT2D eigenvalue weighted by molar-refractivity contribution is -0.118. The molecule has 7 nitrogen and oxygen atoms in total. The summed E-state index contributed by atoms with van der Waals surface area (Å²) >= 11 is 0. The van der Waals surface area contributed by atoms with Gasteiger partial charge in [0.2, 0.25) is 0 Å². The molecule has 3 aliphatic rings. The van der Waals surface area contributed by atoms with Crippen LogP contribution < -0.4 is 15.1 Å². The van der Waals surface area contributed by atoms with Crippen LogP contribution >= 0.6 is 0 Å². The third kappa shape index (κ3) is 3.71. The number of carboxylic acid groups (broad SMARTS) is 1. The summed E-state index contributed by atoms with van der Waals surface area (Å²) in [5, 5.41) is 9.48. The number of hydrogen-bond donors (Lipinski definition) is 1. The van der Waals surface area contributed by atoms with Crippen molar-refractivity contribution in [3.8, 4) is 17.0 Å². The van der Waals surface area contributed by atoms with E-state index in [4.69, 9.17) is 4.74 Å². The molecule has 3 heterocycles. The number of benzene rings is 1. The van der Waals surface area contributed by atoms with Crippen molar-refractivity contribution in [3.63, 3.8) is 0 Å². The zero-order valence-corrected chi connectivity index (χ0v) is 20.1. The average Bonchev–Trinajstić information content (AvgIpc) is 3.17. The van der Waals surface area contributed by atoms with Crippen LogP contribution in [0, 0.1) is 11.3 Å². The second-order valence-electron chi connectivity index (χ2n) is 10.5. The van der Waals surface area contributed by atoms with Crippen LogP contribution in [0.4, 0.5) is 5.69 Å². The van der Waals surface area contributed by atoms with Gasteiger partial charge in [-0.1, -0.05) is 13.8 Å². The molecule has 0 radical (unpaired) electrons. The molecular weight excluding hydrogens is 432 g/mol. The Morgan fingerprint density at radius 1 is 1.15 bits per heavy atom. The Morgan fingerprint density at radius 3 is 2.47 bits per heavy atom. The van der Waals surface area contributed by atoms with E-state index < -0.39 is 11.4 Å². The van der Waals surface area contributed by atoms with Crippen LogP contribution in [-0.2, 0) is 11.2 Å². The van der Waals surface area contributed by atoms with Crippen molar-refractivity contribution in [1.82, 2.24) is 4.57 Å². The first-order valence-corrected chi connectivity index (χ1v) is 12.2. The van der Waals surface area contributed by atoms with Crippen LogP contribution in [-0.4, -0.2) is 41.6 Å². The Labute approximate surface area is 199 Å². The molecule has 1 aromatic carbocycles. The Hall–Kier alpha value is -3.09. The highest BCUT2D eigenvalue weighted by Gasteiger charge is 2.41. The molecule has 0 amide bonds. The SMILES string of the molecule is COc1cc2c(cc1N1CCC3(CCC(=O)C3)CC1)CC(C(C)C)n1cc(C(=O)O)c(=O)cc1-2. The summed E-state index contributed by atoms with van der Waals surface area (Å²) in [4.78, 5) is 38.5. The normalized spacial score (nSPS) is 21.0. The molecule has 1 aromatic heterocycles. The van der Waals surface area contributed by atoms with Crippen molar-refractivity contribution in [2.75, 3.05) is 25.1 Å². The van der Waals surface area contributed by atoms with E-state index in [0.717, 1.165) is 79.9 Å². The van der Waals surface area contributed by atoms with E-state index in [2.05, 4.69) is 24.8 Å². The largest absolute Gasteiger partial charge is 0.495 e. The van der Waals surface area contributed by atoms with Crippen LogP contribution in [0.5, 0.6) is 5.75 Å². The van der Waals surface area contributed by atoms with Crippen molar-refractivity contribution in [3.05, 3.63) is 45.7 Å². The zero-order valence-electron chi connectivity index (χ0n) is 20.1. The molecule has 7 heteroatoms. The lowest BCUT2D eigenvalue weighted by atomic mass is 9.77. The fourth-order valence-corrected chi connectivity index (χ4v) is 6.16. The number of ether oxygens (including phenoxy) is 1. The lowest BCUT2D eigenvalue weighted by Gasteiger charge is -2.41. The van der Waals surface area contributed by atoms with E-state index in [1.165, 1.54) is 12.3 Å². The first-order valence-electron chi connectivity index (χ1n) is 12.2. The number of pyridine rings is 1. The number of ketones is 1. The molecule has 1 N–H and O–H groups in total. The van der Waals surface area contributed by atoms with Gasteiger partial charge < -0.3 is 19.3 Å². The predicted octanol–water partition coefficient (Wildman–Crippen LogP) is 4.31. The maximum absolute atomic E-state index is 12.6. The number of methoxy groups -OCH3 is 1. The minimum absolute atomic E-state index is 0.0524. The number of Topliss-reactive ketones (excluding diaryl/α,β-unsaturated/α-hetero) is 1. The number of anilines is 1. The molecule has 2 aliphatic heterocycles. The zero-order chi connectivity index (χ0) is 24.2. The van der Waals surface area contributed by atoms with Gasteiger partial charge >= 0.3 is 5.97 Å². The highest BCUT2D eigenvalue weighted by Crippen LogP contribution is 2.48. The predicted molar refractivity (Wildman–Crippen MR) is 130 cm³/mol. The molecular formula is C27H32N2O5. The van der Waals surface area contributed by atoms with Gasteiger partial charge in [-0.3, -0.25) is 9.59 Å². The van der Waals surface area contributed by atoms with Gasteiger partial charge in [-0.2, -0.15) is 0 Å². The van der Waals surface area contributed by atoms with Gasteiger partial charge in [0.05, 0.1) is 18.5 Å². The van der Waals surface area contributed by atoms with E-state index in [9.17, 15) is 19.5 Å². The number of carbonyl (C=O) groups excluding carboxylic acids is 1. The van der Waals surface area contributed by atoms with Crippen LogP contribution in [0.15, 0.2) is 29.2 Å². The number of piperidine rings is 1. The third-order valence-electron chi connectivity index (χ3n) is 8.22. The maximum Gasteiger partial charge on any atom is 0.341 e. The second kappa shape index (κ2) is 8.29. The minimum Gasteiger partial charge on any atom is -0.495 e. The molecule has 34 heavy (non-hydrogen) atoms. The van der Waals surface area contributed by atoms with Gasteiger partial charge in [-0.05, 0) is 54.7 Å². The molecule has 1 aliphatic carbocycles. The average molecular weight is 465 g/mol. The number of aromatic carboxylic acids is 1. The number of hydrogen-bond acceptors (Lipinski definition) is 5. The quantitative estimate of drug-likeness (QED) is 0.725. The van der Waals surface area contributed by atoms with Gasteiger partial charge in [-0.15, -0.1) is 0 Å². The van der Waals surface area contributed by atoms with E-state index in [0.29, 0.717) is 5.78 Å². The van der Waals surface area contributed by atoms with Crippen LogP contribution in [0.2, 0.25) is 0 Å². The van der Waals surface area contributed by atoms with Crippen LogP contribution in [0.3, 0.4) is 0 Å². The minimum atomic E-state index is -1.20.